The molecular weight excluding hydrogens is 317 g/mol. The van der Waals surface area contributed by atoms with Crippen LogP contribution in [-0.2, 0) is 0 Å². The molecule has 0 saturated heterocycles. The molecule has 0 aliphatic heterocycles. The quantitative estimate of drug-likeness (QED) is 0.652. The highest BCUT2D eigenvalue weighted by Gasteiger charge is 2.17. The largest absolute Gasteiger partial charge is 0.266 e. The summed E-state index contributed by atoms with van der Waals surface area (Å²) >= 11 is 11.7. The van der Waals surface area contributed by atoms with E-state index in [9.17, 15) is 8.78 Å². The molecule has 12 heavy (non-hydrogen) atoms. The minimum Gasteiger partial charge on any atom is -0.205 e. The van der Waals surface area contributed by atoms with E-state index in [1.54, 1.807) is 6.07 Å². The van der Waals surface area contributed by atoms with Gasteiger partial charge in [0.25, 0.3) is 6.43 Å². The second-order valence-electron chi connectivity index (χ2n) is 2.06. The molecule has 66 valence electrons. The fourth-order valence-electron chi connectivity index (χ4n) is 0.743. The van der Waals surface area contributed by atoms with E-state index in [-0.39, 0.29) is 10.6 Å². The molecule has 0 nitrogen and oxygen atoms in total. The van der Waals surface area contributed by atoms with Crippen LogP contribution in [0.5, 0.6) is 0 Å². The Morgan fingerprint density at radius 2 is 1.67 bits per heavy atom. The molecule has 1 rings (SSSR count). The van der Waals surface area contributed by atoms with Crippen LogP contribution in [0.15, 0.2) is 21.1 Å². The molecule has 0 spiro atoms. The SMILES string of the molecule is FC(F)c1c(Br)ccc(Br)c1Cl. The molecule has 0 heterocycles. The van der Waals surface area contributed by atoms with E-state index < -0.39 is 6.43 Å². The molecule has 0 fully saturated rings. The Balaban J connectivity index is 3.33. The first-order chi connectivity index (χ1) is 5.54. The third-order valence-corrected chi connectivity index (χ3v) is 3.29. The third kappa shape index (κ3) is 1.98. The van der Waals surface area contributed by atoms with Crippen LogP contribution in [-0.4, -0.2) is 0 Å². The van der Waals surface area contributed by atoms with Gasteiger partial charge in [0.1, 0.15) is 0 Å². The number of alkyl halides is 2. The van der Waals surface area contributed by atoms with Crippen LogP contribution in [0.25, 0.3) is 0 Å². The number of hydrogen-bond donors (Lipinski definition) is 0. The molecule has 0 atom stereocenters. The highest BCUT2D eigenvalue weighted by Crippen LogP contribution is 2.37. The Kier molecular flexibility index (Phi) is 3.49. The smallest absolute Gasteiger partial charge is 0.205 e. The van der Waals surface area contributed by atoms with Gasteiger partial charge in [-0.2, -0.15) is 0 Å². The molecule has 0 bridgehead atoms. The van der Waals surface area contributed by atoms with Crippen molar-refractivity contribution in [3.63, 3.8) is 0 Å². The van der Waals surface area contributed by atoms with Gasteiger partial charge in [0.2, 0.25) is 0 Å². The van der Waals surface area contributed by atoms with E-state index in [2.05, 4.69) is 31.9 Å². The first-order valence-corrected chi connectivity index (χ1v) is 4.92. The molecule has 1 aromatic rings. The number of rotatable bonds is 1. The van der Waals surface area contributed by atoms with Crippen LogP contribution in [0.2, 0.25) is 5.02 Å². The van der Waals surface area contributed by atoms with Crippen molar-refractivity contribution in [2.24, 2.45) is 0 Å². The Morgan fingerprint density at radius 3 is 2.08 bits per heavy atom. The van der Waals surface area contributed by atoms with Gasteiger partial charge in [0, 0.05) is 8.95 Å². The molecule has 1 aromatic carbocycles. The summed E-state index contributed by atoms with van der Waals surface area (Å²) in [6.07, 6.45) is -2.57. The minimum atomic E-state index is -2.57. The minimum absolute atomic E-state index is 0.0550. The van der Waals surface area contributed by atoms with Crippen molar-refractivity contribution in [2.75, 3.05) is 0 Å². The molecule has 0 aliphatic carbocycles. The Morgan fingerprint density at radius 1 is 1.17 bits per heavy atom. The normalized spacial score (nSPS) is 10.8. The van der Waals surface area contributed by atoms with Crippen LogP contribution in [0.3, 0.4) is 0 Å². The van der Waals surface area contributed by atoms with Crippen molar-refractivity contribution in [1.29, 1.82) is 0 Å². The van der Waals surface area contributed by atoms with Crippen molar-refractivity contribution in [1.82, 2.24) is 0 Å². The maximum absolute atomic E-state index is 12.3. The molecule has 0 unspecified atom stereocenters. The van der Waals surface area contributed by atoms with Gasteiger partial charge in [-0.3, -0.25) is 0 Å². The van der Waals surface area contributed by atoms with Crippen molar-refractivity contribution in [3.05, 3.63) is 31.7 Å². The van der Waals surface area contributed by atoms with Gasteiger partial charge in [0.05, 0.1) is 10.6 Å². The first-order valence-electron chi connectivity index (χ1n) is 2.95. The summed E-state index contributed by atoms with van der Waals surface area (Å²) in [5.74, 6) is 0. The summed E-state index contributed by atoms with van der Waals surface area (Å²) in [6, 6.07) is 3.13. The predicted octanol–water partition coefficient (Wildman–Crippen LogP) is 4.80. The standard InChI is InChI=1S/C7H3Br2ClF2/c8-3-1-2-4(9)6(10)5(3)7(11)12/h1-2,7H. The fraction of sp³-hybridized carbons (Fsp3) is 0.143. The highest BCUT2D eigenvalue weighted by atomic mass is 79.9. The number of benzene rings is 1. The highest BCUT2D eigenvalue weighted by molar-refractivity contribution is 9.11. The molecule has 0 aliphatic rings. The lowest BCUT2D eigenvalue weighted by atomic mass is 10.2. The summed E-state index contributed by atoms with van der Waals surface area (Å²) in [7, 11) is 0. The number of halogens is 5. The zero-order valence-corrected chi connectivity index (χ0v) is 9.55. The lowest BCUT2D eigenvalue weighted by Gasteiger charge is -2.06. The maximum Gasteiger partial charge on any atom is 0.266 e. The predicted molar refractivity (Wildman–Crippen MR) is 51.8 cm³/mol. The Labute approximate surface area is 90.2 Å². The second-order valence-corrected chi connectivity index (χ2v) is 4.14. The van der Waals surface area contributed by atoms with E-state index >= 15 is 0 Å². The van der Waals surface area contributed by atoms with Gasteiger partial charge >= 0.3 is 0 Å². The first kappa shape index (κ1) is 10.4. The average molecular weight is 320 g/mol. The van der Waals surface area contributed by atoms with Crippen LogP contribution in [0.1, 0.15) is 12.0 Å². The summed E-state index contributed by atoms with van der Waals surface area (Å²) in [5.41, 5.74) is -0.175. The molecule has 5 heteroatoms. The summed E-state index contributed by atoms with van der Waals surface area (Å²) in [6.45, 7) is 0. The van der Waals surface area contributed by atoms with Crippen molar-refractivity contribution >= 4 is 43.5 Å². The van der Waals surface area contributed by atoms with Crippen LogP contribution >= 0.6 is 43.5 Å². The van der Waals surface area contributed by atoms with Crippen LogP contribution in [0.4, 0.5) is 8.78 Å². The summed E-state index contributed by atoms with van der Waals surface area (Å²) in [5, 5.41) is 0.0550. The van der Waals surface area contributed by atoms with Crippen molar-refractivity contribution in [3.8, 4) is 0 Å². The molecule has 0 amide bonds. The van der Waals surface area contributed by atoms with E-state index in [0.717, 1.165) is 0 Å². The second kappa shape index (κ2) is 4.03. The van der Waals surface area contributed by atoms with E-state index in [1.165, 1.54) is 6.07 Å². The Bertz CT molecular complexity index is 302. The third-order valence-electron chi connectivity index (χ3n) is 1.30. The van der Waals surface area contributed by atoms with Crippen LogP contribution < -0.4 is 0 Å². The summed E-state index contributed by atoms with van der Waals surface area (Å²) in [4.78, 5) is 0. The Hall–Kier alpha value is 0.330. The fourth-order valence-corrected chi connectivity index (χ4v) is 1.95. The lowest BCUT2D eigenvalue weighted by Crippen LogP contribution is -1.88. The lowest BCUT2D eigenvalue weighted by molar-refractivity contribution is 0.150. The van der Waals surface area contributed by atoms with Gasteiger partial charge in [-0.1, -0.05) is 27.5 Å². The van der Waals surface area contributed by atoms with Crippen molar-refractivity contribution < 1.29 is 8.78 Å². The van der Waals surface area contributed by atoms with Gasteiger partial charge in [-0.15, -0.1) is 0 Å². The molecule has 0 radical (unpaired) electrons. The zero-order valence-electron chi connectivity index (χ0n) is 5.62. The monoisotopic (exact) mass is 318 g/mol. The van der Waals surface area contributed by atoms with E-state index in [0.29, 0.717) is 8.95 Å². The van der Waals surface area contributed by atoms with Crippen molar-refractivity contribution in [2.45, 2.75) is 6.43 Å². The van der Waals surface area contributed by atoms with E-state index in [4.69, 9.17) is 11.6 Å². The van der Waals surface area contributed by atoms with Gasteiger partial charge in [0.15, 0.2) is 0 Å². The molecule has 0 saturated carbocycles. The maximum atomic E-state index is 12.3. The van der Waals surface area contributed by atoms with E-state index in [1.807, 2.05) is 0 Å². The van der Waals surface area contributed by atoms with Crippen LogP contribution in [0, 0.1) is 0 Å². The molecule has 0 N–H and O–H groups in total. The zero-order chi connectivity index (χ0) is 9.30. The average Bonchev–Trinajstić information content (AvgIpc) is 1.97. The van der Waals surface area contributed by atoms with Gasteiger partial charge < -0.3 is 0 Å². The summed E-state index contributed by atoms with van der Waals surface area (Å²) < 4.78 is 25.5. The molecular formula is C7H3Br2ClF2. The topological polar surface area (TPSA) is 0 Å². The molecule has 0 aromatic heterocycles. The number of hydrogen-bond acceptors (Lipinski definition) is 0. The van der Waals surface area contributed by atoms with Gasteiger partial charge in [-0.25, -0.2) is 8.78 Å². The van der Waals surface area contributed by atoms with Gasteiger partial charge in [-0.05, 0) is 28.1 Å².